The SMILES string of the molecule is Cc1ccnc(C2CC2F)n1. The average molecular weight is 152 g/mol. The van der Waals surface area contributed by atoms with Crippen LogP contribution in [0.4, 0.5) is 4.39 Å². The standard InChI is InChI=1S/C8H9FN2/c1-5-2-3-10-8(11-5)6-4-7(6)9/h2-3,6-7H,4H2,1H3. The predicted octanol–water partition coefficient (Wildman–Crippen LogP) is 1.61. The Labute approximate surface area is 64.5 Å². The van der Waals surface area contributed by atoms with E-state index in [9.17, 15) is 4.39 Å². The third-order valence-corrected chi connectivity index (χ3v) is 1.86. The molecule has 0 amide bonds. The minimum absolute atomic E-state index is 0.0186. The van der Waals surface area contributed by atoms with Crippen molar-refractivity contribution in [2.24, 2.45) is 0 Å². The van der Waals surface area contributed by atoms with E-state index in [4.69, 9.17) is 0 Å². The van der Waals surface area contributed by atoms with Gasteiger partial charge in [-0.3, -0.25) is 0 Å². The van der Waals surface area contributed by atoms with Crippen molar-refractivity contribution in [1.29, 1.82) is 0 Å². The molecule has 11 heavy (non-hydrogen) atoms. The maximum atomic E-state index is 12.5. The molecule has 2 rings (SSSR count). The fraction of sp³-hybridized carbons (Fsp3) is 0.500. The molecule has 3 heteroatoms. The lowest BCUT2D eigenvalue weighted by Crippen LogP contribution is -1.94. The van der Waals surface area contributed by atoms with E-state index in [0.717, 1.165) is 5.69 Å². The van der Waals surface area contributed by atoms with Gasteiger partial charge in [-0.15, -0.1) is 0 Å². The van der Waals surface area contributed by atoms with Crippen molar-refractivity contribution in [2.45, 2.75) is 25.4 Å². The van der Waals surface area contributed by atoms with Gasteiger partial charge in [0.15, 0.2) is 0 Å². The number of nitrogens with zero attached hydrogens (tertiary/aromatic N) is 2. The van der Waals surface area contributed by atoms with Crippen LogP contribution in [0.5, 0.6) is 0 Å². The largest absolute Gasteiger partial charge is 0.247 e. The second kappa shape index (κ2) is 2.26. The molecule has 1 aliphatic carbocycles. The molecule has 1 aromatic rings. The minimum Gasteiger partial charge on any atom is -0.247 e. The molecule has 58 valence electrons. The van der Waals surface area contributed by atoms with Gasteiger partial charge in [0.2, 0.25) is 0 Å². The second-order valence-electron chi connectivity index (χ2n) is 2.91. The van der Waals surface area contributed by atoms with Crippen molar-refractivity contribution in [2.75, 3.05) is 0 Å². The lowest BCUT2D eigenvalue weighted by molar-refractivity contribution is 0.464. The smallest absolute Gasteiger partial charge is 0.134 e. The molecular formula is C8H9FN2. The Bertz CT molecular complexity index is 275. The lowest BCUT2D eigenvalue weighted by atomic mass is 10.3. The highest BCUT2D eigenvalue weighted by Crippen LogP contribution is 2.41. The summed E-state index contributed by atoms with van der Waals surface area (Å²) in [4.78, 5) is 8.14. The van der Waals surface area contributed by atoms with E-state index in [0.29, 0.717) is 12.2 Å². The molecule has 1 saturated carbocycles. The first kappa shape index (κ1) is 6.70. The topological polar surface area (TPSA) is 25.8 Å². The Kier molecular flexibility index (Phi) is 1.37. The molecule has 0 radical (unpaired) electrons. The zero-order valence-corrected chi connectivity index (χ0v) is 6.29. The maximum Gasteiger partial charge on any atom is 0.134 e. The van der Waals surface area contributed by atoms with Crippen molar-refractivity contribution in [1.82, 2.24) is 9.97 Å². The van der Waals surface area contributed by atoms with Gasteiger partial charge in [-0.2, -0.15) is 0 Å². The molecule has 1 heterocycles. The molecule has 0 bridgehead atoms. The summed E-state index contributed by atoms with van der Waals surface area (Å²) < 4.78 is 12.5. The van der Waals surface area contributed by atoms with E-state index in [1.807, 2.05) is 13.0 Å². The van der Waals surface area contributed by atoms with E-state index >= 15 is 0 Å². The van der Waals surface area contributed by atoms with Gasteiger partial charge in [0.05, 0.1) is 5.92 Å². The van der Waals surface area contributed by atoms with Crippen LogP contribution in [0.2, 0.25) is 0 Å². The molecule has 2 nitrogen and oxygen atoms in total. The molecule has 1 aliphatic rings. The van der Waals surface area contributed by atoms with Crippen molar-refractivity contribution < 1.29 is 4.39 Å². The molecule has 0 saturated heterocycles. The monoisotopic (exact) mass is 152 g/mol. The number of rotatable bonds is 1. The van der Waals surface area contributed by atoms with Crippen LogP contribution in [-0.2, 0) is 0 Å². The van der Waals surface area contributed by atoms with Crippen LogP contribution in [0.15, 0.2) is 12.3 Å². The maximum absolute atomic E-state index is 12.5. The molecule has 0 aromatic carbocycles. The van der Waals surface area contributed by atoms with Crippen LogP contribution in [0, 0.1) is 6.92 Å². The Morgan fingerprint density at radius 1 is 1.64 bits per heavy atom. The summed E-state index contributed by atoms with van der Waals surface area (Å²) in [6, 6.07) is 1.82. The number of halogens is 1. The zero-order valence-electron chi connectivity index (χ0n) is 6.29. The van der Waals surface area contributed by atoms with E-state index in [-0.39, 0.29) is 5.92 Å². The highest BCUT2D eigenvalue weighted by Gasteiger charge is 2.41. The average Bonchev–Trinajstić information content (AvgIpc) is 2.67. The number of hydrogen-bond acceptors (Lipinski definition) is 2. The number of alkyl halides is 1. The second-order valence-corrected chi connectivity index (χ2v) is 2.91. The molecule has 2 atom stereocenters. The Morgan fingerprint density at radius 2 is 2.36 bits per heavy atom. The lowest BCUT2D eigenvalue weighted by Gasteiger charge is -1.95. The van der Waals surface area contributed by atoms with E-state index in [1.165, 1.54) is 0 Å². The van der Waals surface area contributed by atoms with Crippen molar-refractivity contribution in [3.8, 4) is 0 Å². The third-order valence-electron chi connectivity index (χ3n) is 1.86. The van der Waals surface area contributed by atoms with Gasteiger partial charge in [0, 0.05) is 11.9 Å². The number of aryl methyl sites for hydroxylation is 1. The Hall–Kier alpha value is -0.990. The molecule has 0 aliphatic heterocycles. The molecular weight excluding hydrogens is 143 g/mol. The summed E-state index contributed by atoms with van der Waals surface area (Å²) in [6.45, 7) is 1.89. The van der Waals surface area contributed by atoms with Crippen LogP contribution < -0.4 is 0 Å². The molecule has 0 spiro atoms. The van der Waals surface area contributed by atoms with Gasteiger partial charge in [-0.05, 0) is 19.4 Å². The first-order chi connectivity index (χ1) is 5.27. The summed E-state index contributed by atoms with van der Waals surface area (Å²) in [6.07, 6.45) is 1.59. The highest BCUT2D eigenvalue weighted by atomic mass is 19.1. The normalized spacial score (nSPS) is 28.5. The van der Waals surface area contributed by atoms with Crippen molar-refractivity contribution in [3.05, 3.63) is 23.8 Å². The molecule has 1 aromatic heterocycles. The van der Waals surface area contributed by atoms with Crippen LogP contribution in [0.1, 0.15) is 23.9 Å². The van der Waals surface area contributed by atoms with Crippen LogP contribution in [-0.4, -0.2) is 16.1 Å². The van der Waals surface area contributed by atoms with Gasteiger partial charge in [0.25, 0.3) is 0 Å². The summed E-state index contributed by atoms with van der Waals surface area (Å²) in [7, 11) is 0. The van der Waals surface area contributed by atoms with E-state index in [2.05, 4.69) is 9.97 Å². The van der Waals surface area contributed by atoms with E-state index < -0.39 is 6.17 Å². The Balaban J connectivity index is 2.25. The molecule has 1 fully saturated rings. The minimum atomic E-state index is -0.697. The summed E-state index contributed by atoms with van der Waals surface area (Å²) in [5.41, 5.74) is 0.911. The fourth-order valence-corrected chi connectivity index (χ4v) is 1.08. The van der Waals surface area contributed by atoms with Crippen molar-refractivity contribution >= 4 is 0 Å². The summed E-state index contributed by atoms with van der Waals surface area (Å²) in [5, 5.41) is 0. The van der Waals surface area contributed by atoms with Crippen LogP contribution >= 0.6 is 0 Å². The van der Waals surface area contributed by atoms with Gasteiger partial charge < -0.3 is 0 Å². The predicted molar refractivity (Wildman–Crippen MR) is 39.0 cm³/mol. The van der Waals surface area contributed by atoms with Crippen LogP contribution in [0.25, 0.3) is 0 Å². The zero-order chi connectivity index (χ0) is 7.84. The summed E-state index contributed by atoms with van der Waals surface area (Å²) >= 11 is 0. The first-order valence-electron chi connectivity index (χ1n) is 3.71. The third kappa shape index (κ3) is 1.23. The summed E-state index contributed by atoms with van der Waals surface area (Å²) in [5.74, 6) is 0.646. The van der Waals surface area contributed by atoms with Gasteiger partial charge in [-0.1, -0.05) is 0 Å². The highest BCUT2D eigenvalue weighted by molar-refractivity contribution is 5.13. The Morgan fingerprint density at radius 3 is 2.91 bits per heavy atom. The van der Waals surface area contributed by atoms with Gasteiger partial charge >= 0.3 is 0 Å². The molecule has 2 unspecified atom stereocenters. The number of hydrogen-bond donors (Lipinski definition) is 0. The number of aromatic nitrogens is 2. The van der Waals surface area contributed by atoms with E-state index in [1.54, 1.807) is 6.20 Å². The van der Waals surface area contributed by atoms with Gasteiger partial charge in [-0.25, -0.2) is 14.4 Å². The fourth-order valence-electron chi connectivity index (χ4n) is 1.08. The first-order valence-corrected chi connectivity index (χ1v) is 3.71. The van der Waals surface area contributed by atoms with Crippen molar-refractivity contribution in [3.63, 3.8) is 0 Å². The quantitative estimate of drug-likeness (QED) is 0.611. The molecule has 0 N–H and O–H groups in total. The van der Waals surface area contributed by atoms with Gasteiger partial charge in [0.1, 0.15) is 12.0 Å². The van der Waals surface area contributed by atoms with Crippen LogP contribution in [0.3, 0.4) is 0 Å².